The van der Waals surface area contributed by atoms with Crippen molar-refractivity contribution in [1.82, 2.24) is 9.61 Å². The van der Waals surface area contributed by atoms with Gasteiger partial charge in [-0.05, 0) is 98.2 Å². The largest absolute Gasteiger partial charge is 0.462 e. The zero-order valence-corrected chi connectivity index (χ0v) is 24.4. The van der Waals surface area contributed by atoms with E-state index in [0.29, 0.717) is 10.4 Å². The summed E-state index contributed by atoms with van der Waals surface area (Å²) in [4.78, 5) is 25.0. The summed E-state index contributed by atoms with van der Waals surface area (Å²) < 4.78 is 18.7. The molecule has 8 nitrogen and oxygen atoms in total. The van der Waals surface area contributed by atoms with Gasteiger partial charge in [-0.25, -0.2) is 14.1 Å². The van der Waals surface area contributed by atoms with Gasteiger partial charge in [-0.2, -0.15) is 5.10 Å². The number of fused-ring (bicyclic) bond motifs is 1. The highest BCUT2D eigenvalue weighted by Gasteiger charge is 2.30. The lowest BCUT2D eigenvalue weighted by Gasteiger charge is -2.26. The van der Waals surface area contributed by atoms with Gasteiger partial charge in [0.25, 0.3) is 0 Å². The van der Waals surface area contributed by atoms with Crippen LogP contribution in [0.4, 0.5) is 10.5 Å². The van der Waals surface area contributed by atoms with Crippen LogP contribution in [0.3, 0.4) is 0 Å². The fourth-order valence-electron chi connectivity index (χ4n) is 3.35. The van der Waals surface area contributed by atoms with Crippen molar-refractivity contribution in [2.75, 3.05) is 30.5 Å². The summed E-state index contributed by atoms with van der Waals surface area (Å²) in [7, 11) is 0.290. The molecule has 0 radical (unpaired) electrons. The third kappa shape index (κ3) is 9.32. The van der Waals surface area contributed by atoms with Crippen LogP contribution in [0, 0.1) is 0 Å². The summed E-state index contributed by atoms with van der Waals surface area (Å²) in [6.07, 6.45) is 4.76. The van der Waals surface area contributed by atoms with Gasteiger partial charge in [0.15, 0.2) is 0 Å². The molecule has 0 spiro atoms. The molecular formula is C27H44N3O5S+. The van der Waals surface area contributed by atoms with E-state index in [2.05, 4.69) is 51.3 Å². The topological polar surface area (TPSA) is 91.2 Å². The summed E-state index contributed by atoms with van der Waals surface area (Å²) in [5.41, 5.74) is 1.21. The fourth-order valence-corrected chi connectivity index (χ4v) is 4.30. The van der Waals surface area contributed by atoms with E-state index in [0.717, 1.165) is 36.4 Å². The van der Waals surface area contributed by atoms with Gasteiger partial charge in [0, 0.05) is 6.20 Å². The highest BCUT2D eigenvalue weighted by atomic mass is 32.2. The van der Waals surface area contributed by atoms with Crippen LogP contribution in [0.1, 0.15) is 84.8 Å². The monoisotopic (exact) mass is 522 g/mol. The molecule has 1 amide bonds. The van der Waals surface area contributed by atoms with E-state index in [1.54, 1.807) is 44.5 Å². The number of aromatic nitrogens is 2. The number of anilines is 1. The zero-order chi connectivity index (χ0) is 27.3. The van der Waals surface area contributed by atoms with E-state index < -0.39 is 17.7 Å². The molecule has 0 aliphatic rings. The minimum Gasteiger partial charge on any atom is -0.462 e. The number of nitrogens with zero attached hydrogens (tertiary/aromatic N) is 2. The number of carbonyl (C=O) groups excluding carboxylic acids is 2. The average molecular weight is 523 g/mol. The highest BCUT2D eigenvalue weighted by molar-refractivity contribution is 7.97. The second-order valence-corrected chi connectivity index (χ2v) is 14.4. The molecule has 2 heterocycles. The molecule has 0 aromatic carbocycles. The first-order chi connectivity index (χ1) is 16.5. The lowest BCUT2D eigenvalue weighted by atomic mass is 10.0. The van der Waals surface area contributed by atoms with Gasteiger partial charge >= 0.3 is 12.1 Å². The van der Waals surface area contributed by atoms with Crippen molar-refractivity contribution < 1.29 is 23.8 Å². The molecule has 0 saturated carbocycles. The quantitative estimate of drug-likeness (QED) is 0.321. The Kier molecular flexibility index (Phi) is 9.87. The molecular weight excluding hydrogens is 478 g/mol. The molecule has 0 aliphatic heterocycles. The number of pyridine rings is 1. The van der Waals surface area contributed by atoms with Gasteiger partial charge in [-0.1, -0.05) is 0 Å². The molecule has 1 atom stereocenters. The van der Waals surface area contributed by atoms with E-state index in [4.69, 9.17) is 14.2 Å². The normalized spacial score (nSPS) is 13.5. The molecule has 202 valence electrons. The maximum Gasteiger partial charge on any atom is 0.412 e. The Labute approximate surface area is 218 Å². The number of rotatable bonds is 10. The minimum absolute atomic E-state index is 0.210. The van der Waals surface area contributed by atoms with Crippen molar-refractivity contribution in [3.05, 3.63) is 29.6 Å². The number of esters is 1. The van der Waals surface area contributed by atoms with Crippen molar-refractivity contribution in [2.45, 2.75) is 91.1 Å². The summed E-state index contributed by atoms with van der Waals surface area (Å²) >= 11 is 0. The number of hydrogen-bond donors (Lipinski definition) is 1. The number of carbonyl (C=O) groups is 2. The molecule has 0 fully saturated rings. The predicted octanol–water partition coefficient (Wildman–Crippen LogP) is 5.63. The smallest absolute Gasteiger partial charge is 0.412 e. The maximum absolute atomic E-state index is 12.6. The summed E-state index contributed by atoms with van der Waals surface area (Å²) in [6, 6.07) is 3.66. The molecule has 2 aromatic rings. The van der Waals surface area contributed by atoms with Crippen LogP contribution in [0.25, 0.3) is 5.52 Å². The van der Waals surface area contributed by atoms with Gasteiger partial charge in [0.1, 0.15) is 21.7 Å². The van der Waals surface area contributed by atoms with Gasteiger partial charge in [-0.15, -0.1) is 0 Å². The molecule has 2 aromatic heterocycles. The molecule has 36 heavy (non-hydrogen) atoms. The van der Waals surface area contributed by atoms with Crippen LogP contribution in [0.2, 0.25) is 0 Å². The molecule has 9 heteroatoms. The third-order valence-electron chi connectivity index (χ3n) is 5.69. The Morgan fingerprint density at radius 1 is 1.08 bits per heavy atom. The molecule has 0 bridgehead atoms. The van der Waals surface area contributed by atoms with E-state index in [9.17, 15) is 9.59 Å². The Morgan fingerprint density at radius 2 is 1.75 bits per heavy atom. The van der Waals surface area contributed by atoms with Gasteiger partial charge in [0.2, 0.25) is 0 Å². The van der Waals surface area contributed by atoms with E-state index >= 15 is 0 Å². The fraction of sp³-hybridized carbons (Fsp3) is 0.667. The SMILES string of the molecule is CCOC(=O)c1cn2nc(CCC(C)(C)OCC[S+](C)C(C)(C)C)cc2cc1NC(=O)OC(C)(C)C. The lowest BCUT2D eigenvalue weighted by molar-refractivity contribution is -0.0147. The summed E-state index contributed by atoms with van der Waals surface area (Å²) in [6.45, 7) is 19.1. The molecule has 1 N–H and O–H groups in total. The number of ether oxygens (including phenoxy) is 3. The standard InChI is InChI=1S/C27H43N3O5S/c1-11-33-23(31)21-18-30-20(17-22(21)28-24(32)35-25(2,3)4)16-19(29-30)12-13-27(8,9)34-14-15-36(10)26(5,6)7/h16-18H,11-15H2,1-10H3/p+1. The molecule has 2 rings (SSSR count). The highest BCUT2D eigenvalue weighted by Crippen LogP contribution is 2.24. The second kappa shape index (κ2) is 11.9. The second-order valence-electron chi connectivity index (χ2n) is 11.5. The average Bonchev–Trinajstić information content (AvgIpc) is 3.11. The predicted molar refractivity (Wildman–Crippen MR) is 147 cm³/mol. The molecule has 0 aliphatic carbocycles. The number of hydrogen-bond acceptors (Lipinski definition) is 6. The number of aryl methyl sites for hydroxylation is 1. The maximum atomic E-state index is 12.6. The first-order valence-corrected chi connectivity index (χ1v) is 14.3. The Hall–Kier alpha value is -2.26. The number of nitrogens with one attached hydrogen (secondary N) is 1. The lowest BCUT2D eigenvalue weighted by Crippen LogP contribution is -2.34. The molecule has 1 unspecified atom stereocenters. The Bertz CT molecular complexity index is 1050. The summed E-state index contributed by atoms with van der Waals surface area (Å²) in [5, 5.41) is 7.33. The Balaban J connectivity index is 2.15. The van der Waals surface area contributed by atoms with E-state index in [1.165, 1.54) is 0 Å². The first-order valence-electron chi connectivity index (χ1n) is 12.5. The van der Waals surface area contributed by atoms with Crippen LogP contribution in [0.15, 0.2) is 18.3 Å². The van der Waals surface area contributed by atoms with Crippen molar-refractivity contribution in [3.8, 4) is 0 Å². The van der Waals surface area contributed by atoms with Crippen LogP contribution >= 0.6 is 0 Å². The van der Waals surface area contributed by atoms with E-state index in [1.807, 2.05) is 6.07 Å². The van der Waals surface area contributed by atoms with Crippen molar-refractivity contribution in [1.29, 1.82) is 0 Å². The van der Waals surface area contributed by atoms with Crippen LogP contribution < -0.4 is 5.32 Å². The number of amides is 1. The zero-order valence-electron chi connectivity index (χ0n) is 23.6. The van der Waals surface area contributed by atoms with Crippen LogP contribution in [0.5, 0.6) is 0 Å². The van der Waals surface area contributed by atoms with Crippen molar-refractivity contribution in [3.63, 3.8) is 0 Å². The summed E-state index contributed by atoms with van der Waals surface area (Å²) in [5.74, 6) is 0.507. The van der Waals surface area contributed by atoms with Crippen molar-refractivity contribution in [2.24, 2.45) is 0 Å². The molecule has 0 saturated heterocycles. The third-order valence-corrected chi connectivity index (χ3v) is 8.56. The van der Waals surface area contributed by atoms with Gasteiger partial charge in [0.05, 0.1) is 42.0 Å². The van der Waals surface area contributed by atoms with Crippen LogP contribution in [-0.2, 0) is 31.5 Å². The van der Waals surface area contributed by atoms with Gasteiger partial charge < -0.3 is 14.2 Å². The van der Waals surface area contributed by atoms with Gasteiger partial charge in [-0.3, -0.25) is 5.32 Å². The van der Waals surface area contributed by atoms with Crippen LogP contribution in [-0.4, -0.2) is 62.8 Å². The minimum atomic E-state index is -0.665. The van der Waals surface area contributed by atoms with Crippen molar-refractivity contribution >= 4 is 34.2 Å². The van der Waals surface area contributed by atoms with E-state index in [-0.39, 0.29) is 28.7 Å². The first kappa shape index (κ1) is 30.0. The Morgan fingerprint density at radius 3 is 2.33 bits per heavy atom.